The van der Waals surface area contributed by atoms with Crippen molar-refractivity contribution < 1.29 is 9.00 Å². The van der Waals surface area contributed by atoms with E-state index < -0.39 is 10.8 Å². The molecule has 0 bridgehead atoms. The van der Waals surface area contributed by atoms with E-state index >= 15 is 0 Å². The normalized spacial score (nSPS) is 20.8. The van der Waals surface area contributed by atoms with Crippen LogP contribution in [-0.2, 0) is 27.1 Å². The van der Waals surface area contributed by atoms with Crippen molar-refractivity contribution >= 4 is 34.8 Å². The van der Waals surface area contributed by atoms with Crippen molar-refractivity contribution in [2.45, 2.75) is 30.8 Å². The Morgan fingerprint density at radius 1 is 1.04 bits per heavy atom. The minimum atomic E-state index is -0.968. The van der Waals surface area contributed by atoms with E-state index in [1.807, 2.05) is 54.6 Å². The zero-order chi connectivity index (χ0) is 18.7. The molecule has 4 rings (SSSR count). The van der Waals surface area contributed by atoms with Gasteiger partial charge in [0.25, 0.3) is 0 Å². The molecule has 1 spiro atoms. The highest BCUT2D eigenvalue weighted by molar-refractivity contribution is 7.83. The average molecular weight is 419 g/mol. The molecule has 6 heteroatoms. The fourth-order valence-electron chi connectivity index (χ4n) is 4.16. The highest BCUT2D eigenvalue weighted by atomic mass is 35.5. The monoisotopic (exact) mass is 418 g/mol. The van der Waals surface area contributed by atoms with Crippen LogP contribution in [0.1, 0.15) is 30.4 Å². The van der Waals surface area contributed by atoms with Crippen LogP contribution in [-0.4, -0.2) is 23.2 Å². The Morgan fingerprint density at radius 2 is 1.71 bits per heavy atom. The number of carbonyl (C=O) groups is 1. The van der Waals surface area contributed by atoms with Crippen molar-refractivity contribution in [3.63, 3.8) is 0 Å². The van der Waals surface area contributed by atoms with E-state index in [9.17, 15) is 9.00 Å². The molecule has 1 amide bonds. The Balaban J connectivity index is 0.00000225. The van der Waals surface area contributed by atoms with Crippen molar-refractivity contribution in [3.05, 3.63) is 65.7 Å². The lowest BCUT2D eigenvalue weighted by molar-refractivity contribution is -0.118. The predicted molar refractivity (Wildman–Crippen MR) is 117 cm³/mol. The summed E-state index contributed by atoms with van der Waals surface area (Å²) in [7, 11) is -0.968. The van der Waals surface area contributed by atoms with Gasteiger partial charge in [-0.1, -0.05) is 42.5 Å². The number of hydrogen-bond donors (Lipinski definition) is 2. The van der Waals surface area contributed by atoms with Crippen molar-refractivity contribution in [1.82, 2.24) is 5.32 Å². The van der Waals surface area contributed by atoms with E-state index in [4.69, 9.17) is 0 Å². The molecule has 150 valence electrons. The van der Waals surface area contributed by atoms with Crippen molar-refractivity contribution in [3.8, 4) is 0 Å². The number of anilines is 1. The van der Waals surface area contributed by atoms with Gasteiger partial charge in [-0.3, -0.25) is 9.00 Å². The maximum atomic E-state index is 12.6. The molecule has 1 saturated heterocycles. The second kappa shape index (κ2) is 9.21. The van der Waals surface area contributed by atoms with E-state index in [-0.39, 0.29) is 29.6 Å². The minimum Gasteiger partial charge on any atom is -0.326 e. The van der Waals surface area contributed by atoms with Gasteiger partial charge in [0.2, 0.25) is 5.91 Å². The van der Waals surface area contributed by atoms with Gasteiger partial charge in [0.15, 0.2) is 0 Å². The number of rotatable bonds is 6. The zero-order valence-electron chi connectivity index (χ0n) is 15.9. The van der Waals surface area contributed by atoms with Gasteiger partial charge in [0.1, 0.15) is 0 Å². The number of piperidine rings is 1. The van der Waals surface area contributed by atoms with Crippen molar-refractivity contribution in [2.24, 2.45) is 11.3 Å². The molecule has 2 aromatic carbocycles. The van der Waals surface area contributed by atoms with Gasteiger partial charge in [0, 0.05) is 33.9 Å². The summed E-state index contributed by atoms with van der Waals surface area (Å²) in [5.74, 6) is 1.34. The van der Waals surface area contributed by atoms with Crippen LogP contribution >= 0.6 is 12.4 Å². The Bertz CT molecular complexity index is 837. The lowest BCUT2D eigenvalue weighted by atomic mass is 9.92. The van der Waals surface area contributed by atoms with Crippen LogP contribution in [0, 0.1) is 11.3 Å². The molecule has 2 unspecified atom stereocenters. The molecule has 2 aliphatic rings. The van der Waals surface area contributed by atoms with E-state index in [0.29, 0.717) is 11.5 Å². The lowest BCUT2D eigenvalue weighted by Gasteiger charge is -2.23. The molecule has 1 heterocycles. The molecule has 1 aliphatic carbocycles. The summed E-state index contributed by atoms with van der Waals surface area (Å²) in [6.45, 7) is 2.04. The molecule has 2 N–H and O–H groups in total. The SMILES string of the molecule is Cl.O=C(Nc1cccc(CS(=O)Cc2ccccc2)c1)C1CC12CCNCC2. The summed E-state index contributed by atoms with van der Waals surface area (Å²) in [5.41, 5.74) is 3.13. The number of carbonyl (C=O) groups excluding carboxylic acids is 1. The summed E-state index contributed by atoms with van der Waals surface area (Å²) in [6.07, 6.45) is 3.22. The topological polar surface area (TPSA) is 58.2 Å². The first-order chi connectivity index (χ1) is 13.1. The van der Waals surface area contributed by atoms with Crippen LogP contribution in [0.2, 0.25) is 0 Å². The van der Waals surface area contributed by atoms with Crippen LogP contribution < -0.4 is 10.6 Å². The largest absolute Gasteiger partial charge is 0.326 e. The van der Waals surface area contributed by atoms with E-state index in [2.05, 4.69) is 10.6 Å². The third kappa shape index (κ3) is 5.02. The van der Waals surface area contributed by atoms with Gasteiger partial charge in [0.05, 0.1) is 0 Å². The number of halogens is 1. The van der Waals surface area contributed by atoms with Crippen LogP contribution in [0.5, 0.6) is 0 Å². The Labute approximate surface area is 175 Å². The first kappa shape index (κ1) is 21.0. The zero-order valence-corrected chi connectivity index (χ0v) is 17.5. The molecular weight excluding hydrogens is 392 g/mol. The van der Waals surface area contributed by atoms with Gasteiger partial charge in [-0.15, -0.1) is 12.4 Å². The van der Waals surface area contributed by atoms with E-state index in [0.717, 1.165) is 49.2 Å². The van der Waals surface area contributed by atoms with Crippen molar-refractivity contribution in [2.75, 3.05) is 18.4 Å². The lowest BCUT2D eigenvalue weighted by Crippen LogP contribution is -2.31. The second-order valence-electron chi connectivity index (χ2n) is 7.77. The van der Waals surface area contributed by atoms with Crippen LogP contribution in [0.15, 0.2) is 54.6 Å². The summed E-state index contributed by atoms with van der Waals surface area (Å²) < 4.78 is 12.5. The fourth-order valence-corrected chi connectivity index (χ4v) is 5.38. The van der Waals surface area contributed by atoms with E-state index in [1.54, 1.807) is 0 Å². The van der Waals surface area contributed by atoms with Gasteiger partial charge in [-0.25, -0.2) is 0 Å². The summed E-state index contributed by atoms with van der Waals surface area (Å²) in [6, 6.07) is 17.7. The van der Waals surface area contributed by atoms with Gasteiger partial charge >= 0.3 is 0 Å². The number of amides is 1. The molecule has 1 aliphatic heterocycles. The Morgan fingerprint density at radius 3 is 2.46 bits per heavy atom. The van der Waals surface area contributed by atoms with Gasteiger partial charge < -0.3 is 10.6 Å². The molecule has 4 nitrogen and oxygen atoms in total. The molecule has 2 atom stereocenters. The fraction of sp³-hybridized carbons (Fsp3) is 0.409. The van der Waals surface area contributed by atoms with Crippen LogP contribution in [0.25, 0.3) is 0 Å². The molecular formula is C22H27ClN2O2S. The number of hydrogen-bond acceptors (Lipinski definition) is 3. The standard InChI is InChI=1S/C22H26N2O2S.ClH/c25-21(20-14-22(20)9-11-23-12-10-22)24-19-8-4-7-18(13-19)16-27(26)15-17-5-2-1-3-6-17;/h1-8,13,20,23H,9-12,14-16H2,(H,24,25);1H. The number of benzene rings is 2. The minimum absolute atomic E-state index is 0. The summed E-state index contributed by atoms with van der Waals surface area (Å²) >= 11 is 0. The maximum absolute atomic E-state index is 12.6. The number of nitrogens with one attached hydrogen (secondary N) is 2. The molecule has 2 fully saturated rings. The average Bonchev–Trinajstić information content (AvgIpc) is 3.36. The summed E-state index contributed by atoms with van der Waals surface area (Å²) in [4.78, 5) is 12.6. The predicted octanol–water partition coefficient (Wildman–Crippen LogP) is 3.89. The Kier molecular flexibility index (Phi) is 6.91. The van der Waals surface area contributed by atoms with Crippen molar-refractivity contribution in [1.29, 1.82) is 0 Å². The third-order valence-corrected chi connectivity index (χ3v) is 7.11. The van der Waals surface area contributed by atoms with Crippen LogP contribution in [0.4, 0.5) is 5.69 Å². The first-order valence-electron chi connectivity index (χ1n) is 9.64. The second-order valence-corrected chi connectivity index (χ2v) is 9.23. The third-order valence-electron chi connectivity index (χ3n) is 5.80. The molecule has 28 heavy (non-hydrogen) atoms. The highest BCUT2D eigenvalue weighted by Gasteiger charge is 2.57. The molecule has 1 saturated carbocycles. The smallest absolute Gasteiger partial charge is 0.228 e. The first-order valence-corrected chi connectivity index (χ1v) is 11.1. The molecule has 2 aromatic rings. The van der Waals surface area contributed by atoms with Crippen LogP contribution in [0.3, 0.4) is 0 Å². The molecule has 0 aromatic heterocycles. The van der Waals surface area contributed by atoms with Gasteiger partial charge in [-0.2, -0.15) is 0 Å². The maximum Gasteiger partial charge on any atom is 0.228 e. The van der Waals surface area contributed by atoms with Gasteiger partial charge in [-0.05, 0) is 61.0 Å². The highest BCUT2D eigenvalue weighted by Crippen LogP contribution is 2.58. The summed E-state index contributed by atoms with van der Waals surface area (Å²) in [5, 5.41) is 6.45. The Hall–Kier alpha value is -1.69. The van der Waals surface area contributed by atoms with E-state index in [1.165, 1.54) is 0 Å². The molecule has 0 radical (unpaired) electrons. The quantitative estimate of drug-likeness (QED) is 0.748.